The lowest BCUT2D eigenvalue weighted by atomic mass is 9.93. The highest BCUT2D eigenvalue weighted by Gasteiger charge is 2.26. The van der Waals surface area contributed by atoms with Crippen molar-refractivity contribution in [3.05, 3.63) is 255 Å². The smallest absolute Gasteiger partial charge is 0.0640 e. The van der Waals surface area contributed by atoms with Crippen molar-refractivity contribution in [1.29, 1.82) is 0 Å². The number of rotatable bonds is 8. The van der Waals surface area contributed by atoms with Crippen LogP contribution in [0.15, 0.2) is 255 Å². The fraction of sp³-hybridized carbons (Fsp3) is 0. The molecule has 0 spiro atoms. The molecule has 0 radical (unpaired) electrons. The maximum Gasteiger partial charge on any atom is 0.0640 e. The Hall–Kier alpha value is -8.54. The van der Waals surface area contributed by atoms with Crippen LogP contribution in [0.25, 0.3) is 94.9 Å². The van der Waals surface area contributed by atoms with Crippen LogP contribution in [0.3, 0.4) is 0 Å². The Morgan fingerprint density at radius 2 is 0.686 bits per heavy atom. The molecule has 2 heterocycles. The van der Waals surface area contributed by atoms with E-state index in [1.807, 2.05) is 22.7 Å². The highest BCUT2D eigenvalue weighted by molar-refractivity contribution is 7.26. The minimum atomic E-state index is 1.11. The van der Waals surface area contributed by atoms with Crippen molar-refractivity contribution in [1.82, 2.24) is 0 Å². The molecule has 328 valence electrons. The maximum absolute atomic E-state index is 2.55. The molecule has 70 heavy (non-hydrogen) atoms. The van der Waals surface area contributed by atoms with Crippen molar-refractivity contribution >= 4 is 129 Å². The average molecular weight is 927 g/mol. The van der Waals surface area contributed by atoms with E-state index in [-0.39, 0.29) is 0 Å². The Kier molecular flexibility index (Phi) is 9.61. The minimum Gasteiger partial charge on any atom is -0.308 e. The van der Waals surface area contributed by atoms with Gasteiger partial charge in [-0.15, -0.1) is 22.7 Å². The highest BCUT2D eigenvalue weighted by Crippen LogP contribution is 2.52. The van der Waals surface area contributed by atoms with Gasteiger partial charge in [0.1, 0.15) is 0 Å². The first-order valence-corrected chi connectivity index (χ1v) is 25.5. The molecule has 0 unspecified atom stereocenters. The second-order valence-corrected chi connectivity index (χ2v) is 20.1. The van der Waals surface area contributed by atoms with Gasteiger partial charge in [-0.05, 0) is 105 Å². The van der Waals surface area contributed by atoms with E-state index < -0.39 is 0 Å². The number of hydrogen-bond donors (Lipinski definition) is 0. The fourth-order valence-electron chi connectivity index (χ4n) is 10.7. The zero-order chi connectivity index (χ0) is 46.1. The zero-order valence-corrected chi connectivity index (χ0v) is 39.6. The normalized spacial score (nSPS) is 11.7. The van der Waals surface area contributed by atoms with Gasteiger partial charge < -0.3 is 9.80 Å². The van der Waals surface area contributed by atoms with Crippen molar-refractivity contribution in [2.24, 2.45) is 0 Å². The molecule has 0 atom stereocenters. The molecule has 0 amide bonds. The van der Waals surface area contributed by atoms with Crippen LogP contribution in [0, 0.1) is 0 Å². The number of anilines is 6. The molecule has 2 aromatic heterocycles. The van der Waals surface area contributed by atoms with Gasteiger partial charge in [0.2, 0.25) is 0 Å². The monoisotopic (exact) mass is 926 g/mol. The molecule has 12 aromatic carbocycles. The number of fused-ring (bicyclic) bond motifs is 9. The third-order valence-electron chi connectivity index (χ3n) is 14.0. The highest BCUT2D eigenvalue weighted by atomic mass is 32.1. The van der Waals surface area contributed by atoms with Crippen LogP contribution in [0.2, 0.25) is 0 Å². The summed E-state index contributed by atoms with van der Waals surface area (Å²) >= 11 is 3.75. The lowest BCUT2D eigenvalue weighted by Crippen LogP contribution is -2.13. The van der Waals surface area contributed by atoms with E-state index in [4.69, 9.17) is 0 Å². The summed E-state index contributed by atoms with van der Waals surface area (Å²) in [5, 5.41) is 12.2. The van der Waals surface area contributed by atoms with Crippen molar-refractivity contribution in [2.45, 2.75) is 0 Å². The van der Waals surface area contributed by atoms with E-state index in [0.29, 0.717) is 0 Å². The van der Waals surface area contributed by atoms with Gasteiger partial charge in [-0.3, -0.25) is 0 Å². The van der Waals surface area contributed by atoms with Gasteiger partial charge in [0.15, 0.2) is 0 Å². The summed E-state index contributed by atoms with van der Waals surface area (Å²) in [6.07, 6.45) is 0. The number of thiophene rings is 2. The Bertz CT molecular complexity index is 4320. The largest absolute Gasteiger partial charge is 0.308 e. The summed E-state index contributed by atoms with van der Waals surface area (Å²) in [5.74, 6) is 0. The molecule has 14 rings (SSSR count). The Labute approximate surface area is 413 Å². The Morgan fingerprint density at radius 1 is 0.243 bits per heavy atom. The lowest BCUT2D eigenvalue weighted by Gasteiger charge is -2.31. The van der Waals surface area contributed by atoms with Crippen LogP contribution >= 0.6 is 22.7 Å². The third-order valence-corrected chi connectivity index (χ3v) is 16.4. The number of hydrogen-bond acceptors (Lipinski definition) is 4. The molecule has 0 fully saturated rings. The van der Waals surface area contributed by atoms with E-state index in [9.17, 15) is 0 Å². The molecule has 0 bridgehead atoms. The van der Waals surface area contributed by atoms with Crippen LogP contribution in [-0.4, -0.2) is 0 Å². The second-order valence-electron chi connectivity index (χ2n) is 18.0. The van der Waals surface area contributed by atoms with Gasteiger partial charge in [0.05, 0.1) is 37.8 Å². The molecule has 0 aliphatic rings. The maximum atomic E-state index is 2.55. The quantitative estimate of drug-likeness (QED) is 0.150. The molecule has 0 saturated heterocycles. The van der Waals surface area contributed by atoms with E-state index in [1.54, 1.807) is 0 Å². The van der Waals surface area contributed by atoms with Gasteiger partial charge in [0, 0.05) is 53.1 Å². The van der Waals surface area contributed by atoms with E-state index >= 15 is 0 Å². The van der Waals surface area contributed by atoms with Crippen molar-refractivity contribution in [2.75, 3.05) is 9.80 Å². The summed E-state index contributed by atoms with van der Waals surface area (Å²) < 4.78 is 5.08. The van der Waals surface area contributed by atoms with Gasteiger partial charge in [-0.1, -0.05) is 188 Å². The minimum absolute atomic E-state index is 1.11. The number of nitrogens with zero attached hydrogens (tertiary/aromatic N) is 2. The summed E-state index contributed by atoms with van der Waals surface area (Å²) in [6, 6.07) is 94.1. The van der Waals surface area contributed by atoms with Crippen LogP contribution < -0.4 is 9.80 Å². The third kappa shape index (κ3) is 6.68. The van der Waals surface area contributed by atoms with Gasteiger partial charge in [0.25, 0.3) is 0 Å². The Morgan fingerprint density at radius 3 is 1.31 bits per heavy atom. The summed E-state index contributed by atoms with van der Waals surface area (Å²) in [5.41, 5.74) is 11.4. The first kappa shape index (κ1) is 40.5. The first-order chi connectivity index (χ1) is 34.7. The van der Waals surface area contributed by atoms with E-state index in [2.05, 4.69) is 265 Å². The van der Waals surface area contributed by atoms with Crippen molar-refractivity contribution < 1.29 is 0 Å². The molecule has 0 saturated carbocycles. The molecule has 14 aromatic rings. The Balaban J connectivity index is 1.11. The average Bonchev–Trinajstić information content (AvgIpc) is 4.01. The molecule has 2 nitrogen and oxygen atoms in total. The van der Waals surface area contributed by atoms with E-state index in [0.717, 1.165) is 61.8 Å². The zero-order valence-electron chi connectivity index (χ0n) is 38.0. The molecule has 0 aliphatic heterocycles. The summed E-state index contributed by atoms with van der Waals surface area (Å²) in [6.45, 7) is 0. The SMILES string of the molecule is c1ccc(-c2cc3cc(-c4ccccc4)c(N(c4cccc5ccccc45)c4cccc5c4sc4ccccc45)cc3cc2N(c2ccc3ccccc3c2)c2cccc3c2sc2ccccc23)cc1. The van der Waals surface area contributed by atoms with E-state index in [1.165, 1.54) is 67.3 Å². The molecule has 4 heteroatoms. The van der Waals surface area contributed by atoms with Crippen LogP contribution in [-0.2, 0) is 0 Å². The lowest BCUT2D eigenvalue weighted by molar-refractivity contribution is 1.31. The molecular weight excluding hydrogens is 885 g/mol. The number of benzene rings is 12. The summed E-state index contributed by atoms with van der Waals surface area (Å²) in [7, 11) is 0. The van der Waals surface area contributed by atoms with Crippen molar-refractivity contribution in [3.63, 3.8) is 0 Å². The van der Waals surface area contributed by atoms with Gasteiger partial charge in [-0.2, -0.15) is 0 Å². The first-order valence-electron chi connectivity index (χ1n) is 23.8. The van der Waals surface area contributed by atoms with Crippen LogP contribution in [0.1, 0.15) is 0 Å². The van der Waals surface area contributed by atoms with Crippen LogP contribution in [0.4, 0.5) is 34.1 Å². The fourth-order valence-corrected chi connectivity index (χ4v) is 13.1. The van der Waals surface area contributed by atoms with Gasteiger partial charge >= 0.3 is 0 Å². The standard InChI is InChI=1S/C66H42N2S2/c1-3-19-45(20-4-1)56-39-48-40-57(46-21-5-2-6-22-46)62(68(58-31-15-25-44-23-9-10-26-51(44)58)60-33-17-30-55-53-28-12-14-35-64(53)70-66(55)60)42-49(48)41-61(56)67(50-37-36-43-18-7-8-24-47(43)38-50)59-32-16-29-54-52-27-11-13-34-63(52)69-65(54)59/h1-42H. The molecular formula is C66H42N2S2. The second kappa shape index (κ2) is 16.6. The molecule has 0 N–H and O–H groups in total. The molecule has 0 aliphatic carbocycles. The van der Waals surface area contributed by atoms with Gasteiger partial charge in [-0.25, -0.2) is 0 Å². The predicted octanol–water partition coefficient (Wildman–Crippen LogP) is 20.2. The topological polar surface area (TPSA) is 6.48 Å². The summed E-state index contributed by atoms with van der Waals surface area (Å²) in [4.78, 5) is 5.07. The van der Waals surface area contributed by atoms with Crippen molar-refractivity contribution in [3.8, 4) is 22.3 Å². The van der Waals surface area contributed by atoms with Crippen LogP contribution in [0.5, 0.6) is 0 Å². The predicted molar refractivity (Wildman–Crippen MR) is 305 cm³/mol.